The molecule has 92 valence electrons. The van der Waals surface area contributed by atoms with E-state index >= 15 is 0 Å². The highest BCUT2D eigenvalue weighted by atomic mass is 16.2. The number of aryl methyl sites for hydroxylation is 2. The van der Waals surface area contributed by atoms with Crippen molar-refractivity contribution in [1.29, 1.82) is 0 Å². The highest BCUT2D eigenvalue weighted by molar-refractivity contribution is 5.99. The number of nitrogens with zero attached hydrogens (tertiary/aromatic N) is 1. The molecule has 1 aromatic carbocycles. The van der Waals surface area contributed by atoms with Crippen LogP contribution in [0.4, 0.5) is 5.69 Å². The van der Waals surface area contributed by atoms with E-state index in [4.69, 9.17) is 5.73 Å². The van der Waals surface area contributed by atoms with Gasteiger partial charge in [-0.15, -0.1) is 0 Å². The van der Waals surface area contributed by atoms with Crippen molar-refractivity contribution in [2.75, 3.05) is 4.90 Å². The fraction of sp³-hybridized carbons (Fsp3) is 0.500. The lowest BCUT2D eigenvalue weighted by Gasteiger charge is -2.36. The van der Waals surface area contributed by atoms with Gasteiger partial charge in [-0.25, -0.2) is 0 Å². The minimum atomic E-state index is -0.312. The standard InChI is InChI=1S/C14H20N2O/c1-9-6-5-7-10(2)13(9)16-12(17)8-11(15)14(16,3)4/h5-7,11H,8,15H2,1-4H3. The molecule has 3 nitrogen and oxygen atoms in total. The number of anilines is 1. The molecule has 1 unspecified atom stereocenters. The van der Waals surface area contributed by atoms with Gasteiger partial charge in [0, 0.05) is 12.5 Å². The van der Waals surface area contributed by atoms with Crippen LogP contribution >= 0.6 is 0 Å². The molecule has 17 heavy (non-hydrogen) atoms. The molecule has 0 saturated carbocycles. The maximum absolute atomic E-state index is 12.2. The van der Waals surface area contributed by atoms with Gasteiger partial charge in [-0.2, -0.15) is 0 Å². The zero-order valence-corrected chi connectivity index (χ0v) is 10.9. The first-order chi connectivity index (χ1) is 7.85. The molecule has 0 spiro atoms. The van der Waals surface area contributed by atoms with Gasteiger partial charge in [-0.3, -0.25) is 4.79 Å². The molecular formula is C14H20N2O. The Hall–Kier alpha value is -1.35. The van der Waals surface area contributed by atoms with Crippen LogP contribution in [0.1, 0.15) is 31.4 Å². The number of carbonyl (C=O) groups excluding carboxylic acids is 1. The van der Waals surface area contributed by atoms with Gasteiger partial charge in [-0.1, -0.05) is 18.2 Å². The first kappa shape index (κ1) is 12.1. The summed E-state index contributed by atoms with van der Waals surface area (Å²) in [6.45, 7) is 8.15. The first-order valence-corrected chi connectivity index (χ1v) is 6.00. The normalized spacial score (nSPS) is 23.2. The first-order valence-electron chi connectivity index (χ1n) is 6.00. The summed E-state index contributed by atoms with van der Waals surface area (Å²) in [7, 11) is 0. The van der Waals surface area contributed by atoms with E-state index in [1.54, 1.807) is 0 Å². The monoisotopic (exact) mass is 232 g/mol. The second-order valence-electron chi connectivity index (χ2n) is 5.43. The Morgan fingerprint density at radius 2 is 1.82 bits per heavy atom. The average Bonchev–Trinajstić information content (AvgIpc) is 2.40. The number of carbonyl (C=O) groups is 1. The zero-order valence-electron chi connectivity index (χ0n) is 10.9. The summed E-state index contributed by atoms with van der Waals surface area (Å²) in [5.74, 6) is 0.125. The highest BCUT2D eigenvalue weighted by Crippen LogP contribution is 2.37. The molecule has 1 aliphatic heterocycles. The van der Waals surface area contributed by atoms with Crippen LogP contribution in [-0.4, -0.2) is 17.5 Å². The lowest BCUT2D eigenvalue weighted by atomic mass is 9.95. The molecule has 0 aliphatic carbocycles. The minimum Gasteiger partial charge on any atom is -0.325 e. The summed E-state index contributed by atoms with van der Waals surface area (Å²) in [5.41, 5.74) is 9.03. The van der Waals surface area contributed by atoms with Crippen LogP contribution in [0.15, 0.2) is 18.2 Å². The van der Waals surface area contributed by atoms with Crippen molar-refractivity contribution in [3.8, 4) is 0 Å². The minimum absolute atomic E-state index is 0.103. The lowest BCUT2D eigenvalue weighted by Crippen LogP contribution is -2.50. The van der Waals surface area contributed by atoms with E-state index in [0.717, 1.165) is 16.8 Å². The van der Waals surface area contributed by atoms with Crippen LogP contribution in [0.3, 0.4) is 0 Å². The van der Waals surface area contributed by atoms with Crippen LogP contribution in [0.5, 0.6) is 0 Å². The molecule has 1 atom stereocenters. The third-order valence-electron chi connectivity index (χ3n) is 3.79. The predicted molar refractivity (Wildman–Crippen MR) is 70.1 cm³/mol. The maximum Gasteiger partial charge on any atom is 0.229 e. The summed E-state index contributed by atoms with van der Waals surface area (Å²) in [6, 6.07) is 5.99. The van der Waals surface area contributed by atoms with Gasteiger partial charge in [0.1, 0.15) is 0 Å². The average molecular weight is 232 g/mol. The Labute approximate surface area is 103 Å². The van der Waals surface area contributed by atoms with Crippen molar-refractivity contribution in [3.05, 3.63) is 29.3 Å². The molecule has 3 heteroatoms. The third-order valence-corrected chi connectivity index (χ3v) is 3.79. The number of nitrogens with two attached hydrogens (primary N) is 1. The van der Waals surface area contributed by atoms with Crippen molar-refractivity contribution in [3.63, 3.8) is 0 Å². The Kier molecular flexibility index (Phi) is 2.74. The van der Waals surface area contributed by atoms with Crippen LogP contribution in [0.25, 0.3) is 0 Å². The van der Waals surface area contributed by atoms with E-state index in [-0.39, 0.29) is 17.5 Å². The molecule has 0 radical (unpaired) electrons. The molecular weight excluding hydrogens is 212 g/mol. The van der Waals surface area contributed by atoms with Crippen molar-refractivity contribution in [1.82, 2.24) is 0 Å². The predicted octanol–water partition coefficient (Wildman–Crippen LogP) is 2.15. The van der Waals surface area contributed by atoms with Crippen molar-refractivity contribution in [2.45, 2.75) is 45.7 Å². The quantitative estimate of drug-likeness (QED) is 0.806. The number of hydrogen-bond acceptors (Lipinski definition) is 2. The van der Waals surface area contributed by atoms with E-state index in [1.165, 1.54) is 0 Å². The maximum atomic E-state index is 12.2. The number of para-hydroxylation sites is 1. The van der Waals surface area contributed by atoms with Gasteiger partial charge in [0.25, 0.3) is 0 Å². The van der Waals surface area contributed by atoms with Crippen LogP contribution in [-0.2, 0) is 4.79 Å². The fourth-order valence-corrected chi connectivity index (χ4v) is 2.59. The van der Waals surface area contributed by atoms with E-state index in [0.29, 0.717) is 6.42 Å². The SMILES string of the molecule is Cc1cccc(C)c1N1C(=O)CC(N)C1(C)C. The Morgan fingerprint density at radius 3 is 2.24 bits per heavy atom. The summed E-state index contributed by atoms with van der Waals surface area (Å²) in [4.78, 5) is 14.0. The Morgan fingerprint density at radius 1 is 1.29 bits per heavy atom. The van der Waals surface area contributed by atoms with Gasteiger partial charge < -0.3 is 10.6 Å². The molecule has 1 aliphatic rings. The second-order valence-corrected chi connectivity index (χ2v) is 5.43. The Balaban J connectivity index is 2.57. The fourth-order valence-electron chi connectivity index (χ4n) is 2.59. The van der Waals surface area contributed by atoms with Crippen LogP contribution < -0.4 is 10.6 Å². The smallest absolute Gasteiger partial charge is 0.229 e. The Bertz CT molecular complexity index is 445. The van der Waals surface area contributed by atoms with Gasteiger partial charge in [0.2, 0.25) is 5.91 Å². The number of benzene rings is 1. The van der Waals surface area contributed by atoms with Crippen LogP contribution in [0.2, 0.25) is 0 Å². The van der Waals surface area contributed by atoms with Crippen molar-refractivity contribution < 1.29 is 4.79 Å². The highest BCUT2D eigenvalue weighted by Gasteiger charge is 2.45. The van der Waals surface area contributed by atoms with E-state index in [9.17, 15) is 4.79 Å². The summed E-state index contributed by atoms with van der Waals surface area (Å²) < 4.78 is 0. The zero-order chi connectivity index (χ0) is 12.8. The molecule has 2 N–H and O–H groups in total. The van der Waals surface area contributed by atoms with E-state index in [1.807, 2.05) is 50.8 Å². The van der Waals surface area contributed by atoms with E-state index in [2.05, 4.69) is 0 Å². The molecule has 0 bridgehead atoms. The van der Waals surface area contributed by atoms with Crippen molar-refractivity contribution in [2.24, 2.45) is 5.73 Å². The summed E-state index contributed by atoms with van der Waals surface area (Å²) in [5, 5.41) is 0. The molecule has 2 rings (SSSR count). The number of amides is 1. The molecule has 1 heterocycles. The van der Waals surface area contributed by atoms with Crippen molar-refractivity contribution >= 4 is 11.6 Å². The third kappa shape index (κ3) is 1.75. The second kappa shape index (κ2) is 3.84. The largest absolute Gasteiger partial charge is 0.325 e. The molecule has 1 saturated heterocycles. The lowest BCUT2D eigenvalue weighted by molar-refractivity contribution is -0.117. The van der Waals surface area contributed by atoms with E-state index < -0.39 is 0 Å². The molecule has 1 fully saturated rings. The van der Waals surface area contributed by atoms with Crippen LogP contribution in [0, 0.1) is 13.8 Å². The number of hydrogen-bond donors (Lipinski definition) is 1. The summed E-state index contributed by atoms with van der Waals surface area (Å²) >= 11 is 0. The molecule has 0 aromatic heterocycles. The van der Waals surface area contributed by atoms with Gasteiger partial charge in [-0.05, 0) is 38.8 Å². The van der Waals surface area contributed by atoms with Gasteiger partial charge in [0.05, 0.1) is 11.2 Å². The van der Waals surface area contributed by atoms with Gasteiger partial charge in [0.15, 0.2) is 0 Å². The molecule has 1 amide bonds. The topological polar surface area (TPSA) is 46.3 Å². The summed E-state index contributed by atoms with van der Waals surface area (Å²) in [6.07, 6.45) is 0.431. The molecule has 1 aromatic rings. The van der Waals surface area contributed by atoms with Gasteiger partial charge >= 0.3 is 0 Å². The number of rotatable bonds is 1.